The first-order valence-electron chi connectivity index (χ1n) is 22.5. The number of benzene rings is 10. The quantitative estimate of drug-likeness (QED) is 0.144. The molecule has 0 saturated heterocycles. The van der Waals surface area contributed by atoms with Gasteiger partial charge in [-0.25, -0.2) is 0 Å². The lowest BCUT2D eigenvalue weighted by Crippen LogP contribution is -2.10. The highest BCUT2D eigenvalue weighted by Gasteiger charge is 2.20. The number of para-hydroxylation sites is 4. The summed E-state index contributed by atoms with van der Waals surface area (Å²) in [6.45, 7) is 0. The van der Waals surface area contributed by atoms with E-state index in [1.54, 1.807) is 0 Å². The minimum atomic E-state index is -0.127. The van der Waals surface area contributed by atoms with E-state index in [1.807, 2.05) is 126 Å². The van der Waals surface area contributed by atoms with Crippen molar-refractivity contribution in [2.75, 3.05) is 9.80 Å². The van der Waals surface area contributed by atoms with Crippen LogP contribution in [0.2, 0.25) is 0 Å². The number of fused-ring (bicyclic) bond motifs is 4. The van der Waals surface area contributed by atoms with Crippen LogP contribution in [0.5, 0.6) is 0 Å². The standard InChI is InChI=1S/C58H41N3/c1-5-17-42(18-6-1)43-31-35-48(36-32-43)59(45-19-7-2-8-20-45)49-37-33-44(34-38-49)51-26-15-28-53-52(51)27-16-30-56(53)60(46-21-9-3-10-22-46)50-39-40-55-54-25-13-14-29-57(54)61(58(55)41-50)47-23-11-4-12-24-47/h1-41H/i33D,34D,37D,38D. The zero-order valence-corrected chi connectivity index (χ0v) is 33.2. The number of hydrogen-bond acceptors (Lipinski definition) is 2. The van der Waals surface area contributed by atoms with Gasteiger partial charge in [0.15, 0.2) is 0 Å². The summed E-state index contributed by atoms with van der Waals surface area (Å²) in [5.74, 6) is 0. The van der Waals surface area contributed by atoms with Gasteiger partial charge < -0.3 is 14.4 Å². The Bertz CT molecular complexity index is 3490. The molecule has 0 atom stereocenters. The largest absolute Gasteiger partial charge is 0.311 e. The molecule has 10 aromatic carbocycles. The molecule has 0 bridgehead atoms. The molecule has 0 N–H and O–H groups in total. The normalized spacial score (nSPS) is 12.2. The van der Waals surface area contributed by atoms with Gasteiger partial charge in [-0.3, -0.25) is 0 Å². The maximum Gasteiger partial charge on any atom is 0.0645 e. The van der Waals surface area contributed by atoms with Crippen LogP contribution >= 0.6 is 0 Å². The zero-order valence-electron chi connectivity index (χ0n) is 37.2. The molecule has 3 heteroatoms. The van der Waals surface area contributed by atoms with E-state index >= 15 is 0 Å². The van der Waals surface area contributed by atoms with Crippen LogP contribution < -0.4 is 9.80 Å². The van der Waals surface area contributed by atoms with Gasteiger partial charge in [-0.05, 0) is 113 Å². The highest BCUT2D eigenvalue weighted by atomic mass is 15.1. The topological polar surface area (TPSA) is 11.4 Å². The molecule has 61 heavy (non-hydrogen) atoms. The van der Waals surface area contributed by atoms with Crippen molar-refractivity contribution in [3.63, 3.8) is 0 Å². The van der Waals surface area contributed by atoms with Crippen LogP contribution in [0.25, 0.3) is 60.5 Å². The Morgan fingerprint density at radius 1 is 0.311 bits per heavy atom. The molecular formula is C58H41N3. The zero-order chi connectivity index (χ0) is 44.0. The smallest absolute Gasteiger partial charge is 0.0645 e. The van der Waals surface area contributed by atoms with Gasteiger partial charge in [0.25, 0.3) is 0 Å². The Morgan fingerprint density at radius 3 is 1.56 bits per heavy atom. The lowest BCUT2D eigenvalue weighted by Gasteiger charge is -2.27. The second kappa shape index (κ2) is 15.6. The molecule has 288 valence electrons. The molecule has 1 aromatic heterocycles. The van der Waals surface area contributed by atoms with Crippen molar-refractivity contribution < 1.29 is 5.48 Å². The van der Waals surface area contributed by atoms with Crippen molar-refractivity contribution in [1.82, 2.24) is 4.57 Å². The average Bonchev–Trinajstić information content (AvgIpc) is 3.70. The Labute approximate surface area is 361 Å². The van der Waals surface area contributed by atoms with Gasteiger partial charge in [0.1, 0.15) is 0 Å². The lowest BCUT2D eigenvalue weighted by molar-refractivity contribution is 1.18. The lowest BCUT2D eigenvalue weighted by atomic mass is 9.96. The third-order valence-electron chi connectivity index (χ3n) is 11.4. The van der Waals surface area contributed by atoms with E-state index in [0.717, 1.165) is 72.4 Å². The van der Waals surface area contributed by atoms with Gasteiger partial charge in [-0.15, -0.1) is 0 Å². The Balaban J connectivity index is 1.07. The summed E-state index contributed by atoms with van der Waals surface area (Å²) in [6.07, 6.45) is 0. The summed E-state index contributed by atoms with van der Waals surface area (Å²) in [6, 6.07) is 75.3. The molecule has 11 rings (SSSR count). The van der Waals surface area contributed by atoms with Gasteiger partial charge in [0.2, 0.25) is 0 Å². The van der Waals surface area contributed by atoms with Gasteiger partial charge in [-0.1, -0.05) is 164 Å². The summed E-state index contributed by atoms with van der Waals surface area (Å²) < 4.78 is 40.8. The Hall–Kier alpha value is -8.14. The fraction of sp³-hybridized carbons (Fsp3) is 0. The summed E-state index contributed by atoms with van der Waals surface area (Å²) in [5.41, 5.74) is 10.8. The van der Waals surface area contributed by atoms with Crippen LogP contribution in [0.3, 0.4) is 0 Å². The molecule has 0 radical (unpaired) electrons. The summed E-state index contributed by atoms with van der Waals surface area (Å²) in [4.78, 5) is 4.09. The minimum absolute atomic E-state index is 0.111. The fourth-order valence-corrected chi connectivity index (χ4v) is 8.63. The van der Waals surface area contributed by atoms with E-state index in [2.05, 4.69) is 113 Å². The third-order valence-corrected chi connectivity index (χ3v) is 11.4. The molecule has 0 spiro atoms. The molecule has 0 amide bonds. The number of rotatable bonds is 9. The molecule has 3 nitrogen and oxygen atoms in total. The number of aromatic nitrogens is 1. The van der Waals surface area contributed by atoms with E-state index in [1.165, 1.54) is 5.39 Å². The molecule has 0 aliphatic rings. The molecule has 0 fully saturated rings. The first-order valence-corrected chi connectivity index (χ1v) is 20.5. The van der Waals surface area contributed by atoms with Crippen LogP contribution in [0, 0.1) is 0 Å². The van der Waals surface area contributed by atoms with E-state index in [9.17, 15) is 5.48 Å². The van der Waals surface area contributed by atoms with E-state index in [-0.39, 0.29) is 35.4 Å². The molecule has 0 unspecified atom stereocenters. The first-order chi connectivity index (χ1) is 32.0. The molecule has 1 heterocycles. The Kier molecular flexibility index (Phi) is 8.11. The predicted octanol–water partition coefficient (Wildman–Crippen LogP) is 16.2. The third kappa shape index (κ3) is 6.59. The maximum absolute atomic E-state index is 9.64. The number of anilines is 6. The summed E-state index contributed by atoms with van der Waals surface area (Å²) >= 11 is 0. The predicted molar refractivity (Wildman–Crippen MR) is 259 cm³/mol. The highest BCUT2D eigenvalue weighted by molar-refractivity contribution is 6.11. The molecule has 0 saturated carbocycles. The molecular weight excluding hydrogens is 739 g/mol. The summed E-state index contributed by atoms with van der Waals surface area (Å²) in [5, 5.41) is 4.05. The van der Waals surface area contributed by atoms with Gasteiger partial charge >= 0.3 is 0 Å². The van der Waals surface area contributed by atoms with E-state index < -0.39 is 0 Å². The summed E-state index contributed by atoms with van der Waals surface area (Å²) in [7, 11) is 0. The number of nitrogens with zero attached hydrogens (tertiary/aromatic N) is 3. The first kappa shape index (κ1) is 31.8. The van der Waals surface area contributed by atoms with Crippen molar-refractivity contribution >= 4 is 66.7 Å². The SMILES string of the molecule is [2H]c1c([2H])c(N(c2ccccc2)c2ccc(-c3ccccc3)cc2)c([2H])c([2H])c1-c1cccc2c(N(c3ccccc3)c3ccc4c5ccccc5n(-c5ccccc5)c4c3)cccc12. The molecule has 0 aliphatic carbocycles. The minimum Gasteiger partial charge on any atom is -0.311 e. The van der Waals surface area contributed by atoms with Gasteiger partial charge in [-0.2, -0.15) is 0 Å². The Morgan fingerprint density at radius 2 is 0.836 bits per heavy atom. The molecule has 0 aliphatic heterocycles. The van der Waals surface area contributed by atoms with Crippen molar-refractivity contribution in [1.29, 1.82) is 0 Å². The van der Waals surface area contributed by atoms with Crippen LogP contribution in [-0.2, 0) is 0 Å². The van der Waals surface area contributed by atoms with E-state index in [0.29, 0.717) is 5.56 Å². The second-order valence-electron chi connectivity index (χ2n) is 15.0. The van der Waals surface area contributed by atoms with Gasteiger partial charge in [0, 0.05) is 50.3 Å². The average molecular weight is 784 g/mol. The highest BCUT2D eigenvalue weighted by Crippen LogP contribution is 2.44. The van der Waals surface area contributed by atoms with Crippen molar-refractivity contribution in [3.8, 4) is 27.9 Å². The van der Waals surface area contributed by atoms with Crippen molar-refractivity contribution in [3.05, 3.63) is 249 Å². The van der Waals surface area contributed by atoms with Crippen molar-refractivity contribution in [2.24, 2.45) is 0 Å². The van der Waals surface area contributed by atoms with Crippen LogP contribution in [0.15, 0.2) is 249 Å². The van der Waals surface area contributed by atoms with Gasteiger partial charge in [0.05, 0.1) is 22.2 Å². The maximum atomic E-state index is 9.64. The molecule has 11 aromatic rings. The van der Waals surface area contributed by atoms with Crippen LogP contribution in [0.4, 0.5) is 34.1 Å². The van der Waals surface area contributed by atoms with E-state index in [4.69, 9.17) is 0 Å². The number of hydrogen-bond donors (Lipinski definition) is 0. The van der Waals surface area contributed by atoms with Crippen molar-refractivity contribution in [2.45, 2.75) is 0 Å². The monoisotopic (exact) mass is 783 g/mol. The van der Waals surface area contributed by atoms with Crippen LogP contribution in [-0.4, -0.2) is 4.57 Å². The van der Waals surface area contributed by atoms with Crippen LogP contribution in [0.1, 0.15) is 5.48 Å². The second-order valence-corrected chi connectivity index (χ2v) is 15.0. The fourth-order valence-electron chi connectivity index (χ4n) is 8.63.